The predicted octanol–water partition coefficient (Wildman–Crippen LogP) is 7.32. The molecule has 3 aromatic rings. The van der Waals surface area contributed by atoms with E-state index >= 15 is 0 Å². The van der Waals surface area contributed by atoms with Crippen molar-refractivity contribution in [2.24, 2.45) is 0 Å². The quantitative estimate of drug-likeness (QED) is 0.462. The number of methoxy groups -OCH3 is 1. The zero-order valence-electron chi connectivity index (χ0n) is 16.7. The average Bonchev–Trinajstić information content (AvgIpc) is 2.76. The molecule has 0 amide bonds. The minimum Gasteiger partial charge on any atom is -0.497 e. The maximum atomic E-state index is 6.29. The smallest absolute Gasteiger partial charge is 0.118 e. The Hall–Kier alpha value is -2.00. The van der Waals surface area contributed by atoms with Gasteiger partial charge in [0, 0.05) is 18.0 Å². The summed E-state index contributed by atoms with van der Waals surface area (Å²) in [5.41, 5.74) is 5.23. The van der Waals surface area contributed by atoms with Gasteiger partial charge in [-0.3, -0.25) is 0 Å². The first-order valence-corrected chi connectivity index (χ1v) is 10.8. The SMILES string of the molecule is COc1ccc(C(C)N[C@@H]2CC[C@@H](c3ccc(Cl)c(Cl)c3)c3ccccc32)cc1. The molecule has 29 heavy (non-hydrogen) atoms. The van der Waals surface area contributed by atoms with E-state index in [0.29, 0.717) is 22.0 Å². The second-order valence-corrected chi connectivity index (χ2v) is 8.46. The number of fused-ring (bicyclic) bond motifs is 1. The first-order valence-electron chi connectivity index (χ1n) is 10.0. The minimum atomic E-state index is 0.250. The molecule has 0 aromatic heterocycles. The van der Waals surface area contributed by atoms with Gasteiger partial charge in [0.05, 0.1) is 17.2 Å². The fourth-order valence-corrected chi connectivity index (χ4v) is 4.64. The van der Waals surface area contributed by atoms with Crippen LogP contribution in [0.5, 0.6) is 5.75 Å². The number of nitrogens with one attached hydrogen (secondary N) is 1. The third-order valence-electron chi connectivity index (χ3n) is 5.90. The Labute approximate surface area is 182 Å². The monoisotopic (exact) mass is 425 g/mol. The molecule has 150 valence electrons. The second kappa shape index (κ2) is 8.79. The van der Waals surface area contributed by atoms with Gasteiger partial charge in [-0.15, -0.1) is 0 Å². The molecule has 1 unspecified atom stereocenters. The third kappa shape index (κ3) is 4.30. The van der Waals surface area contributed by atoms with E-state index in [1.807, 2.05) is 24.3 Å². The largest absolute Gasteiger partial charge is 0.497 e. The Morgan fingerprint density at radius 3 is 2.31 bits per heavy atom. The maximum absolute atomic E-state index is 6.29. The van der Waals surface area contributed by atoms with E-state index in [1.165, 1.54) is 22.3 Å². The average molecular weight is 426 g/mol. The van der Waals surface area contributed by atoms with Crippen LogP contribution in [0.3, 0.4) is 0 Å². The standard InChI is InChI=1S/C25H25Cl2NO/c1-16(17-7-10-19(29-2)11-8-17)28-25-14-12-20(21-5-3-4-6-22(21)25)18-9-13-23(26)24(27)15-18/h3-11,13,15-16,20,25,28H,12,14H2,1-2H3/t16?,20-,25+/m0/s1. The van der Waals surface area contributed by atoms with Gasteiger partial charge in [-0.2, -0.15) is 0 Å². The van der Waals surface area contributed by atoms with Crippen LogP contribution in [0.15, 0.2) is 66.7 Å². The Bertz CT molecular complexity index is 986. The summed E-state index contributed by atoms with van der Waals surface area (Å²) in [5.74, 6) is 1.23. The molecule has 0 fully saturated rings. The summed E-state index contributed by atoms with van der Waals surface area (Å²) < 4.78 is 5.28. The molecule has 1 N–H and O–H groups in total. The summed E-state index contributed by atoms with van der Waals surface area (Å²) in [4.78, 5) is 0. The van der Waals surface area contributed by atoms with Gasteiger partial charge in [-0.05, 0) is 66.3 Å². The number of rotatable bonds is 5. The summed E-state index contributed by atoms with van der Waals surface area (Å²) in [5, 5.41) is 5.06. The van der Waals surface area contributed by atoms with Crippen molar-refractivity contribution in [3.8, 4) is 5.75 Å². The molecular formula is C25H25Cl2NO. The number of ether oxygens (including phenoxy) is 1. The van der Waals surface area contributed by atoms with Crippen LogP contribution in [-0.2, 0) is 0 Å². The molecule has 0 spiro atoms. The molecule has 4 heteroatoms. The Morgan fingerprint density at radius 2 is 1.62 bits per heavy atom. The van der Waals surface area contributed by atoms with Gasteiger partial charge in [-0.25, -0.2) is 0 Å². The fourth-order valence-electron chi connectivity index (χ4n) is 4.33. The van der Waals surface area contributed by atoms with Crippen molar-refractivity contribution in [3.63, 3.8) is 0 Å². The molecule has 0 saturated heterocycles. The van der Waals surface area contributed by atoms with Crippen LogP contribution < -0.4 is 10.1 Å². The molecule has 0 radical (unpaired) electrons. The summed E-state index contributed by atoms with van der Waals surface area (Å²) in [7, 11) is 1.69. The molecule has 0 bridgehead atoms. The van der Waals surface area contributed by atoms with Crippen LogP contribution in [0.1, 0.15) is 60.0 Å². The van der Waals surface area contributed by atoms with Crippen molar-refractivity contribution in [1.29, 1.82) is 0 Å². The first-order chi connectivity index (χ1) is 14.1. The van der Waals surface area contributed by atoms with Crippen molar-refractivity contribution in [2.75, 3.05) is 7.11 Å². The third-order valence-corrected chi connectivity index (χ3v) is 6.64. The lowest BCUT2D eigenvalue weighted by Gasteiger charge is -2.34. The van der Waals surface area contributed by atoms with Crippen molar-refractivity contribution >= 4 is 23.2 Å². The molecule has 1 aliphatic carbocycles. The summed E-state index contributed by atoms with van der Waals surface area (Å²) in [6, 6.07) is 23.6. The topological polar surface area (TPSA) is 21.3 Å². The molecule has 0 heterocycles. The zero-order chi connectivity index (χ0) is 20.4. The maximum Gasteiger partial charge on any atom is 0.118 e. The second-order valence-electron chi connectivity index (χ2n) is 7.65. The van der Waals surface area contributed by atoms with Gasteiger partial charge in [0.25, 0.3) is 0 Å². The number of hydrogen-bond donors (Lipinski definition) is 1. The Balaban J connectivity index is 1.58. The van der Waals surface area contributed by atoms with Crippen LogP contribution in [0.4, 0.5) is 0 Å². The van der Waals surface area contributed by atoms with E-state index in [4.69, 9.17) is 27.9 Å². The van der Waals surface area contributed by atoms with Gasteiger partial charge in [0.2, 0.25) is 0 Å². The van der Waals surface area contributed by atoms with E-state index in [0.717, 1.165) is 18.6 Å². The summed E-state index contributed by atoms with van der Waals surface area (Å²) in [6.45, 7) is 2.22. The number of halogens is 2. The first kappa shape index (κ1) is 20.3. The van der Waals surface area contributed by atoms with Crippen LogP contribution in [0.2, 0.25) is 10.0 Å². The minimum absolute atomic E-state index is 0.250. The lowest BCUT2D eigenvalue weighted by atomic mass is 9.76. The molecule has 3 atom stereocenters. The van der Waals surface area contributed by atoms with Crippen molar-refractivity contribution in [1.82, 2.24) is 5.32 Å². The van der Waals surface area contributed by atoms with Crippen molar-refractivity contribution in [2.45, 2.75) is 37.8 Å². The zero-order valence-corrected chi connectivity index (χ0v) is 18.2. The lowest BCUT2D eigenvalue weighted by Crippen LogP contribution is -2.29. The van der Waals surface area contributed by atoms with E-state index in [1.54, 1.807) is 7.11 Å². The molecule has 0 saturated carbocycles. The predicted molar refractivity (Wildman–Crippen MR) is 121 cm³/mol. The van der Waals surface area contributed by atoms with Gasteiger partial charge < -0.3 is 10.1 Å². The van der Waals surface area contributed by atoms with Crippen LogP contribution >= 0.6 is 23.2 Å². The Kier molecular flexibility index (Phi) is 6.15. The number of hydrogen-bond acceptors (Lipinski definition) is 2. The molecule has 3 aromatic carbocycles. The lowest BCUT2D eigenvalue weighted by molar-refractivity contribution is 0.400. The highest BCUT2D eigenvalue weighted by atomic mass is 35.5. The van der Waals surface area contributed by atoms with Crippen LogP contribution in [0.25, 0.3) is 0 Å². The summed E-state index contributed by atoms with van der Waals surface area (Å²) in [6.07, 6.45) is 2.14. The van der Waals surface area contributed by atoms with Gasteiger partial charge in [0.1, 0.15) is 5.75 Å². The highest BCUT2D eigenvalue weighted by Crippen LogP contribution is 2.43. The Morgan fingerprint density at radius 1 is 0.897 bits per heavy atom. The van der Waals surface area contributed by atoms with Crippen LogP contribution in [0, 0.1) is 0 Å². The van der Waals surface area contributed by atoms with Gasteiger partial charge in [-0.1, -0.05) is 65.7 Å². The molecule has 0 aliphatic heterocycles. The molecular weight excluding hydrogens is 401 g/mol. The molecule has 2 nitrogen and oxygen atoms in total. The summed E-state index contributed by atoms with van der Waals surface area (Å²) >= 11 is 12.4. The number of benzene rings is 3. The van der Waals surface area contributed by atoms with Gasteiger partial charge in [0.15, 0.2) is 0 Å². The fraction of sp³-hybridized carbons (Fsp3) is 0.280. The van der Waals surface area contributed by atoms with E-state index in [2.05, 4.69) is 54.7 Å². The van der Waals surface area contributed by atoms with Crippen molar-refractivity contribution < 1.29 is 4.74 Å². The van der Waals surface area contributed by atoms with Crippen molar-refractivity contribution in [3.05, 3.63) is 99.0 Å². The van der Waals surface area contributed by atoms with Crippen LogP contribution in [-0.4, -0.2) is 7.11 Å². The van der Waals surface area contributed by atoms with E-state index in [-0.39, 0.29) is 6.04 Å². The highest BCUT2D eigenvalue weighted by molar-refractivity contribution is 6.42. The van der Waals surface area contributed by atoms with E-state index < -0.39 is 0 Å². The van der Waals surface area contributed by atoms with E-state index in [9.17, 15) is 0 Å². The molecule has 1 aliphatic rings. The molecule has 4 rings (SSSR count). The normalized spacial score (nSPS) is 19.4. The highest BCUT2D eigenvalue weighted by Gasteiger charge is 2.29. The van der Waals surface area contributed by atoms with Gasteiger partial charge >= 0.3 is 0 Å².